The maximum absolute atomic E-state index is 11.0. The summed E-state index contributed by atoms with van der Waals surface area (Å²) in [6.07, 6.45) is 2.46. The Balaban J connectivity index is 0.00000162. The van der Waals surface area contributed by atoms with E-state index in [2.05, 4.69) is 10.2 Å². The van der Waals surface area contributed by atoms with Crippen LogP contribution in [0.4, 0.5) is 5.69 Å². The topological polar surface area (TPSA) is 52.6 Å². The van der Waals surface area contributed by atoms with Crippen molar-refractivity contribution in [2.45, 2.75) is 26.3 Å². The molecule has 18 heavy (non-hydrogen) atoms. The number of carbonyl (C=O) groups excluding carboxylic acids is 1. The van der Waals surface area contributed by atoms with Gasteiger partial charge in [-0.3, -0.25) is 9.69 Å². The zero-order chi connectivity index (χ0) is 12.3. The standard InChI is InChI=1S/C13H18N2O2.ClH/c1-10(16)14-12-4-5-13(17)11(8-12)9-15-6-2-3-7-15;/h4-5,8,17H,2-3,6-7,9H2,1H3,(H,14,16);1H. The maximum atomic E-state index is 11.0. The zero-order valence-corrected chi connectivity index (χ0v) is 11.3. The number of aromatic hydroxyl groups is 1. The predicted molar refractivity (Wildman–Crippen MR) is 74.2 cm³/mol. The van der Waals surface area contributed by atoms with Gasteiger partial charge in [-0.25, -0.2) is 0 Å². The van der Waals surface area contributed by atoms with Crippen LogP contribution >= 0.6 is 12.4 Å². The van der Waals surface area contributed by atoms with Gasteiger partial charge in [0.25, 0.3) is 0 Å². The van der Waals surface area contributed by atoms with Crippen molar-refractivity contribution in [3.8, 4) is 5.75 Å². The molecular weight excluding hydrogens is 252 g/mol. The quantitative estimate of drug-likeness (QED) is 0.829. The maximum Gasteiger partial charge on any atom is 0.221 e. The van der Waals surface area contributed by atoms with Crippen molar-refractivity contribution in [1.29, 1.82) is 0 Å². The first-order valence-electron chi connectivity index (χ1n) is 5.97. The van der Waals surface area contributed by atoms with E-state index in [1.165, 1.54) is 19.8 Å². The largest absolute Gasteiger partial charge is 0.508 e. The third-order valence-electron chi connectivity index (χ3n) is 2.99. The highest BCUT2D eigenvalue weighted by Gasteiger charge is 2.14. The minimum atomic E-state index is -0.0946. The molecule has 5 heteroatoms. The molecule has 2 rings (SSSR count). The number of amides is 1. The number of phenols is 1. The Kier molecular flexibility index (Phi) is 5.44. The molecular formula is C13H19ClN2O2. The van der Waals surface area contributed by atoms with Gasteiger partial charge < -0.3 is 10.4 Å². The SMILES string of the molecule is CC(=O)Nc1ccc(O)c(CN2CCCC2)c1.Cl. The van der Waals surface area contributed by atoms with E-state index in [1.54, 1.807) is 12.1 Å². The van der Waals surface area contributed by atoms with Crippen molar-refractivity contribution < 1.29 is 9.90 Å². The van der Waals surface area contributed by atoms with Gasteiger partial charge in [0.1, 0.15) is 5.75 Å². The molecule has 0 radical (unpaired) electrons. The van der Waals surface area contributed by atoms with E-state index in [1.807, 2.05) is 6.07 Å². The lowest BCUT2D eigenvalue weighted by atomic mass is 10.1. The molecule has 1 aromatic rings. The Labute approximate surface area is 113 Å². The van der Waals surface area contributed by atoms with Gasteiger partial charge >= 0.3 is 0 Å². The summed E-state index contributed by atoms with van der Waals surface area (Å²) in [5, 5.41) is 12.5. The minimum absolute atomic E-state index is 0. The van der Waals surface area contributed by atoms with Crippen LogP contribution in [0.25, 0.3) is 0 Å². The molecule has 0 aliphatic carbocycles. The van der Waals surface area contributed by atoms with Crippen LogP contribution in [0.15, 0.2) is 18.2 Å². The Bertz CT molecular complexity index is 417. The third kappa shape index (κ3) is 3.89. The molecule has 1 aliphatic heterocycles. The monoisotopic (exact) mass is 270 g/mol. The van der Waals surface area contributed by atoms with Gasteiger partial charge in [-0.15, -0.1) is 12.4 Å². The number of rotatable bonds is 3. The molecule has 0 saturated carbocycles. The van der Waals surface area contributed by atoms with E-state index in [0.717, 1.165) is 30.9 Å². The summed E-state index contributed by atoms with van der Waals surface area (Å²) in [6.45, 7) is 4.40. The minimum Gasteiger partial charge on any atom is -0.508 e. The smallest absolute Gasteiger partial charge is 0.221 e. The first-order valence-corrected chi connectivity index (χ1v) is 5.97. The lowest BCUT2D eigenvalue weighted by Crippen LogP contribution is -2.18. The molecule has 0 atom stereocenters. The Morgan fingerprint density at radius 1 is 1.39 bits per heavy atom. The summed E-state index contributed by atoms with van der Waals surface area (Å²) in [7, 11) is 0. The van der Waals surface area contributed by atoms with Crippen molar-refractivity contribution in [3.63, 3.8) is 0 Å². The Morgan fingerprint density at radius 3 is 2.67 bits per heavy atom. The van der Waals surface area contributed by atoms with Crippen molar-refractivity contribution in [3.05, 3.63) is 23.8 Å². The molecule has 1 heterocycles. The number of likely N-dealkylation sites (tertiary alicyclic amines) is 1. The van der Waals surface area contributed by atoms with Gasteiger partial charge in [0, 0.05) is 24.7 Å². The number of phenolic OH excluding ortho intramolecular Hbond substituents is 1. The molecule has 1 aromatic carbocycles. The molecule has 0 bridgehead atoms. The summed E-state index contributed by atoms with van der Waals surface area (Å²) in [6, 6.07) is 5.19. The highest BCUT2D eigenvalue weighted by atomic mass is 35.5. The average Bonchev–Trinajstić information content (AvgIpc) is 2.75. The van der Waals surface area contributed by atoms with Crippen LogP contribution in [0.2, 0.25) is 0 Å². The van der Waals surface area contributed by atoms with Crippen LogP contribution in [0.5, 0.6) is 5.75 Å². The Hall–Kier alpha value is -1.26. The number of hydrogen-bond donors (Lipinski definition) is 2. The molecule has 4 nitrogen and oxygen atoms in total. The van der Waals surface area contributed by atoms with Crippen LogP contribution in [0.3, 0.4) is 0 Å². The second-order valence-corrected chi connectivity index (χ2v) is 4.51. The van der Waals surface area contributed by atoms with Gasteiger partial charge in [-0.2, -0.15) is 0 Å². The number of nitrogens with zero attached hydrogens (tertiary/aromatic N) is 1. The second kappa shape index (κ2) is 6.61. The van der Waals surface area contributed by atoms with Crippen molar-refractivity contribution in [2.75, 3.05) is 18.4 Å². The van der Waals surface area contributed by atoms with E-state index in [9.17, 15) is 9.90 Å². The number of hydrogen-bond acceptors (Lipinski definition) is 3. The van der Waals surface area contributed by atoms with Gasteiger partial charge in [-0.1, -0.05) is 0 Å². The summed E-state index contributed by atoms with van der Waals surface area (Å²) >= 11 is 0. The molecule has 0 unspecified atom stereocenters. The second-order valence-electron chi connectivity index (χ2n) is 4.51. The number of halogens is 1. The van der Waals surface area contributed by atoms with Gasteiger partial charge in [0.2, 0.25) is 5.91 Å². The number of benzene rings is 1. The van der Waals surface area contributed by atoms with E-state index in [4.69, 9.17) is 0 Å². The highest BCUT2D eigenvalue weighted by molar-refractivity contribution is 5.88. The van der Waals surface area contributed by atoms with E-state index in [0.29, 0.717) is 5.75 Å². The van der Waals surface area contributed by atoms with Crippen LogP contribution in [-0.4, -0.2) is 29.0 Å². The van der Waals surface area contributed by atoms with Gasteiger partial charge in [0.15, 0.2) is 0 Å². The molecule has 2 N–H and O–H groups in total. The Morgan fingerprint density at radius 2 is 2.06 bits per heavy atom. The first kappa shape index (κ1) is 14.8. The van der Waals surface area contributed by atoms with Crippen LogP contribution in [0.1, 0.15) is 25.3 Å². The first-order chi connectivity index (χ1) is 8.15. The fraction of sp³-hybridized carbons (Fsp3) is 0.462. The molecule has 0 spiro atoms. The van der Waals surface area contributed by atoms with Crippen molar-refractivity contribution >= 4 is 24.0 Å². The summed E-state index contributed by atoms with van der Waals surface area (Å²) in [5.74, 6) is 0.203. The normalized spacial score (nSPS) is 15.2. The van der Waals surface area contributed by atoms with Crippen molar-refractivity contribution in [2.24, 2.45) is 0 Å². The fourth-order valence-corrected chi connectivity index (χ4v) is 2.17. The summed E-state index contributed by atoms with van der Waals surface area (Å²) < 4.78 is 0. The zero-order valence-electron chi connectivity index (χ0n) is 10.5. The fourth-order valence-electron chi connectivity index (χ4n) is 2.17. The molecule has 100 valence electrons. The summed E-state index contributed by atoms with van der Waals surface area (Å²) in [5.41, 5.74) is 1.61. The van der Waals surface area contributed by atoms with E-state index in [-0.39, 0.29) is 18.3 Å². The molecule has 0 aromatic heterocycles. The van der Waals surface area contributed by atoms with Crippen LogP contribution in [-0.2, 0) is 11.3 Å². The molecule has 1 fully saturated rings. The number of anilines is 1. The average molecular weight is 271 g/mol. The molecule has 1 amide bonds. The molecule has 1 saturated heterocycles. The van der Waals surface area contributed by atoms with Crippen LogP contribution in [0, 0.1) is 0 Å². The third-order valence-corrected chi connectivity index (χ3v) is 2.99. The lowest BCUT2D eigenvalue weighted by molar-refractivity contribution is -0.114. The van der Waals surface area contributed by atoms with Crippen molar-refractivity contribution in [1.82, 2.24) is 4.90 Å². The van der Waals surface area contributed by atoms with Crippen LogP contribution < -0.4 is 5.32 Å². The number of nitrogens with one attached hydrogen (secondary N) is 1. The van der Waals surface area contributed by atoms with Gasteiger partial charge in [0.05, 0.1) is 0 Å². The van der Waals surface area contributed by atoms with E-state index < -0.39 is 0 Å². The van der Waals surface area contributed by atoms with Gasteiger partial charge in [-0.05, 0) is 44.1 Å². The lowest BCUT2D eigenvalue weighted by Gasteiger charge is -2.16. The highest BCUT2D eigenvalue weighted by Crippen LogP contribution is 2.24. The predicted octanol–water partition coefficient (Wildman–Crippen LogP) is 2.37. The van der Waals surface area contributed by atoms with E-state index >= 15 is 0 Å². The molecule has 1 aliphatic rings. The summed E-state index contributed by atoms with van der Waals surface area (Å²) in [4.78, 5) is 13.3. The number of carbonyl (C=O) groups is 1.